The van der Waals surface area contributed by atoms with E-state index in [1.807, 2.05) is 0 Å². The molecular weight excluding hydrogens is 456 g/mol. The van der Waals surface area contributed by atoms with Crippen molar-refractivity contribution < 1.29 is 0 Å². The average molecular weight is 509 g/mol. The quantitative estimate of drug-likeness (QED) is 0.190. The number of hydrogen-bond acceptors (Lipinski definition) is 0. The van der Waals surface area contributed by atoms with Crippen LogP contribution in [0.2, 0.25) is 0 Å². The molecule has 3 aromatic rings. The molecule has 4 rings (SSSR count). The van der Waals surface area contributed by atoms with E-state index in [-0.39, 0.29) is 5.41 Å². The van der Waals surface area contributed by atoms with Gasteiger partial charge in [-0.25, -0.2) is 0 Å². The number of fused-ring (bicyclic) bond motifs is 3. The van der Waals surface area contributed by atoms with Crippen LogP contribution >= 0.6 is 0 Å². The number of hydrogen-bond donors (Lipinski definition) is 0. The van der Waals surface area contributed by atoms with Crippen LogP contribution in [0.15, 0.2) is 54.6 Å². The zero-order valence-corrected chi connectivity index (χ0v) is 25.3. The van der Waals surface area contributed by atoms with E-state index in [1.165, 1.54) is 110 Å². The molecule has 0 nitrogen and oxygen atoms in total. The molecule has 0 aliphatic heterocycles. The first-order valence-electron chi connectivity index (χ1n) is 15.7. The lowest BCUT2D eigenvalue weighted by Crippen LogP contribution is -2.28. The first-order valence-corrected chi connectivity index (χ1v) is 15.7. The van der Waals surface area contributed by atoms with Gasteiger partial charge in [-0.1, -0.05) is 139 Å². The molecule has 0 amide bonds. The summed E-state index contributed by atoms with van der Waals surface area (Å²) < 4.78 is 0. The fourth-order valence-electron chi connectivity index (χ4n) is 7.37. The molecule has 38 heavy (non-hydrogen) atoms. The smallest absolute Gasteiger partial charge is 0.0217 e. The molecule has 0 fully saturated rings. The molecule has 0 aromatic heterocycles. The molecule has 0 heterocycles. The van der Waals surface area contributed by atoms with Crippen molar-refractivity contribution in [2.24, 2.45) is 5.92 Å². The average Bonchev–Trinajstić information content (AvgIpc) is 3.15. The van der Waals surface area contributed by atoms with Gasteiger partial charge in [0.2, 0.25) is 0 Å². The van der Waals surface area contributed by atoms with Crippen LogP contribution in [0.5, 0.6) is 0 Å². The van der Waals surface area contributed by atoms with Crippen LogP contribution in [-0.4, -0.2) is 0 Å². The van der Waals surface area contributed by atoms with Gasteiger partial charge in [0.1, 0.15) is 0 Å². The summed E-state index contributed by atoms with van der Waals surface area (Å²) in [4.78, 5) is 0. The van der Waals surface area contributed by atoms with E-state index in [0.29, 0.717) is 0 Å². The lowest BCUT2D eigenvalue weighted by atomic mass is 9.68. The molecule has 0 N–H and O–H groups in total. The molecule has 204 valence electrons. The SMILES string of the molecule is CCCCCCCC1(C[C@H](C)CCCCC)c2ccccc2-c2ccc(Cc3c(C)cc(C)cc3C)cc21. The first kappa shape index (κ1) is 28.7. The van der Waals surface area contributed by atoms with Crippen LogP contribution in [0.4, 0.5) is 0 Å². The maximum Gasteiger partial charge on any atom is 0.0217 e. The molecular formula is C38H52. The van der Waals surface area contributed by atoms with Crippen LogP contribution in [-0.2, 0) is 11.8 Å². The molecule has 0 bridgehead atoms. The van der Waals surface area contributed by atoms with Gasteiger partial charge < -0.3 is 0 Å². The standard InChI is InChI=1S/C38H52/c1-7-9-11-12-16-22-38(27-28(3)17-13-10-8-2)36-19-15-14-18-33(36)34-21-20-32(26-37(34)38)25-35-30(5)23-29(4)24-31(35)6/h14-15,18-21,23-24,26,28H,7-13,16-17,22,25,27H2,1-6H3/t28-,38?/m1/s1. The van der Waals surface area contributed by atoms with E-state index in [0.717, 1.165) is 12.3 Å². The van der Waals surface area contributed by atoms with Crippen molar-refractivity contribution in [1.82, 2.24) is 0 Å². The molecule has 1 unspecified atom stereocenters. The van der Waals surface area contributed by atoms with Crippen LogP contribution in [0.3, 0.4) is 0 Å². The normalized spacial score (nSPS) is 16.9. The van der Waals surface area contributed by atoms with Crippen molar-refractivity contribution in [3.8, 4) is 11.1 Å². The summed E-state index contributed by atoms with van der Waals surface area (Å²) in [5, 5.41) is 0. The second-order valence-corrected chi connectivity index (χ2v) is 12.5. The van der Waals surface area contributed by atoms with Crippen molar-refractivity contribution in [1.29, 1.82) is 0 Å². The predicted octanol–water partition coefficient (Wildman–Crippen LogP) is 11.4. The molecule has 1 aliphatic rings. The topological polar surface area (TPSA) is 0 Å². The summed E-state index contributed by atoms with van der Waals surface area (Å²) >= 11 is 0. The van der Waals surface area contributed by atoms with Crippen LogP contribution in [0.1, 0.15) is 130 Å². The fraction of sp³-hybridized carbons (Fsp3) is 0.526. The Hall–Kier alpha value is -2.34. The largest absolute Gasteiger partial charge is 0.0654 e. The Balaban J connectivity index is 1.74. The molecule has 0 spiro atoms. The van der Waals surface area contributed by atoms with Gasteiger partial charge in [0.05, 0.1) is 0 Å². The fourth-order valence-corrected chi connectivity index (χ4v) is 7.37. The highest BCUT2D eigenvalue weighted by atomic mass is 14.5. The maximum absolute atomic E-state index is 2.62. The molecule has 0 radical (unpaired) electrons. The minimum absolute atomic E-state index is 0.150. The second kappa shape index (κ2) is 13.1. The van der Waals surface area contributed by atoms with Gasteiger partial charge in [0, 0.05) is 5.41 Å². The molecule has 0 heteroatoms. The van der Waals surface area contributed by atoms with Gasteiger partial charge in [-0.2, -0.15) is 0 Å². The Labute approximate surface area is 234 Å². The molecule has 1 aliphatic carbocycles. The number of aryl methyl sites for hydroxylation is 3. The third-order valence-corrected chi connectivity index (χ3v) is 9.26. The summed E-state index contributed by atoms with van der Waals surface area (Å²) in [7, 11) is 0. The summed E-state index contributed by atoms with van der Waals surface area (Å²) in [6.07, 6.45) is 15.7. The third-order valence-electron chi connectivity index (χ3n) is 9.26. The van der Waals surface area contributed by atoms with Gasteiger partial charge in [0.15, 0.2) is 0 Å². The second-order valence-electron chi connectivity index (χ2n) is 12.5. The van der Waals surface area contributed by atoms with E-state index in [1.54, 1.807) is 11.1 Å². The van der Waals surface area contributed by atoms with Gasteiger partial charge in [-0.3, -0.25) is 0 Å². The van der Waals surface area contributed by atoms with E-state index < -0.39 is 0 Å². The summed E-state index contributed by atoms with van der Waals surface area (Å²) in [6, 6.07) is 21.6. The zero-order valence-electron chi connectivity index (χ0n) is 25.3. The van der Waals surface area contributed by atoms with Crippen LogP contribution < -0.4 is 0 Å². The predicted molar refractivity (Wildman–Crippen MR) is 167 cm³/mol. The Kier molecular flexibility index (Phi) is 9.91. The van der Waals surface area contributed by atoms with E-state index in [4.69, 9.17) is 0 Å². The minimum atomic E-state index is 0.150. The van der Waals surface area contributed by atoms with Crippen molar-refractivity contribution in [2.75, 3.05) is 0 Å². The van der Waals surface area contributed by atoms with Gasteiger partial charge in [0.25, 0.3) is 0 Å². The minimum Gasteiger partial charge on any atom is -0.0654 e. The summed E-state index contributed by atoms with van der Waals surface area (Å²) in [5.41, 5.74) is 13.6. The maximum atomic E-state index is 2.62. The van der Waals surface area contributed by atoms with E-state index in [9.17, 15) is 0 Å². The lowest BCUT2D eigenvalue weighted by Gasteiger charge is -2.35. The van der Waals surface area contributed by atoms with E-state index in [2.05, 4.69) is 96.1 Å². The number of unbranched alkanes of at least 4 members (excludes halogenated alkanes) is 6. The number of rotatable bonds is 14. The highest BCUT2D eigenvalue weighted by molar-refractivity contribution is 5.81. The van der Waals surface area contributed by atoms with Crippen molar-refractivity contribution >= 4 is 0 Å². The van der Waals surface area contributed by atoms with Gasteiger partial charge in [-0.15, -0.1) is 0 Å². The summed E-state index contributed by atoms with van der Waals surface area (Å²) in [6.45, 7) is 14.0. The first-order chi connectivity index (χ1) is 18.4. The Bertz CT molecular complexity index is 1180. The van der Waals surface area contributed by atoms with Gasteiger partial charge >= 0.3 is 0 Å². The van der Waals surface area contributed by atoms with Gasteiger partial charge in [-0.05, 0) is 90.5 Å². The van der Waals surface area contributed by atoms with Crippen LogP contribution in [0.25, 0.3) is 11.1 Å². The van der Waals surface area contributed by atoms with Crippen molar-refractivity contribution in [3.63, 3.8) is 0 Å². The Morgan fingerprint density at radius 1 is 0.684 bits per heavy atom. The molecule has 0 saturated heterocycles. The third kappa shape index (κ3) is 6.27. The monoisotopic (exact) mass is 508 g/mol. The van der Waals surface area contributed by atoms with E-state index >= 15 is 0 Å². The summed E-state index contributed by atoms with van der Waals surface area (Å²) in [5.74, 6) is 0.737. The molecule has 0 saturated carbocycles. The molecule has 3 aromatic carbocycles. The van der Waals surface area contributed by atoms with Crippen molar-refractivity contribution in [2.45, 2.75) is 124 Å². The Morgan fingerprint density at radius 2 is 1.34 bits per heavy atom. The molecule has 2 atom stereocenters. The lowest BCUT2D eigenvalue weighted by molar-refractivity contribution is 0.332. The highest BCUT2D eigenvalue weighted by Gasteiger charge is 2.43. The Morgan fingerprint density at radius 3 is 2.08 bits per heavy atom. The highest BCUT2D eigenvalue weighted by Crippen LogP contribution is 2.55. The van der Waals surface area contributed by atoms with Crippen molar-refractivity contribution in [3.05, 3.63) is 93.5 Å². The van der Waals surface area contributed by atoms with Crippen LogP contribution in [0, 0.1) is 26.7 Å². The zero-order chi connectivity index (χ0) is 27.1. The number of benzene rings is 3.